The van der Waals surface area contributed by atoms with E-state index in [1.165, 1.54) is 18.9 Å². The second-order valence-electron chi connectivity index (χ2n) is 5.71. The van der Waals surface area contributed by atoms with Crippen molar-refractivity contribution in [2.75, 3.05) is 31.0 Å². The first-order chi connectivity index (χ1) is 13.0. The summed E-state index contributed by atoms with van der Waals surface area (Å²) in [6, 6.07) is 13.6. The molecule has 7 nitrogen and oxygen atoms in total. The third-order valence-electron chi connectivity index (χ3n) is 3.92. The van der Waals surface area contributed by atoms with Crippen LogP contribution in [0.1, 0.15) is 23.7 Å². The van der Waals surface area contributed by atoms with Crippen molar-refractivity contribution in [3.05, 3.63) is 54.1 Å². The minimum Gasteiger partial charge on any atom is -0.497 e. The van der Waals surface area contributed by atoms with Gasteiger partial charge in [0.25, 0.3) is 0 Å². The normalized spacial score (nSPS) is 10.0. The Kier molecular flexibility index (Phi) is 6.93. The summed E-state index contributed by atoms with van der Waals surface area (Å²) in [5.41, 5.74) is 1.31. The van der Waals surface area contributed by atoms with Gasteiger partial charge in [-0.1, -0.05) is 12.1 Å². The Bertz CT molecular complexity index is 817. The number of para-hydroxylation sites is 1. The summed E-state index contributed by atoms with van der Waals surface area (Å²) >= 11 is 0. The van der Waals surface area contributed by atoms with Crippen LogP contribution < -0.4 is 15.0 Å². The SMILES string of the molecule is COC(=O)c1ccccc1N(CCC(=O)Nc1ccc(OC)cc1)C(C)=O. The van der Waals surface area contributed by atoms with E-state index in [0.717, 1.165) is 0 Å². The molecule has 0 aliphatic rings. The van der Waals surface area contributed by atoms with Gasteiger partial charge in [0.05, 0.1) is 25.5 Å². The molecule has 0 spiro atoms. The minimum absolute atomic E-state index is 0.0706. The smallest absolute Gasteiger partial charge is 0.339 e. The molecule has 0 fully saturated rings. The van der Waals surface area contributed by atoms with E-state index >= 15 is 0 Å². The number of hydrogen-bond acceptors (Lipinski definition) is 5. The number of carbonyl (C=O) groups is 3. The summed E-state index contributed by atoms with van der Waals surface area (Å²) in [6.45, 7) is 1.51. The molecular weight excluding hydrogens is 348 g/mol. The highest BCUT2D eigenvalue weighted by molar-refractivity contribution is 6.02. The van der Waals surface area contributed by atoms with Crippen molar-refractivity contribution < 1.29 is 23.9 Å². The molecule has 0 heterocycles. The molecule has 0 aliphatic heterocycles. The summed E-state index contributed by atoms with van der Waals surface area (Å²) in [5.74, 6) is -0.375. The first-order valence-electron chi connectivity index (χ1n) is 8.35. The number of carbonyl (C=O) groups excluding carboxylic acids is 3. The van der Waals surface area contributed by atoms with Crippen molar-refractivity contribution in [3.63, 3.8) is 0 Å². The van der Waals surface area contributed by atoms with Crippen molar-refractivity contribution in [1.82, 2.24) is 0 Å². The molecule has 0 aliphatic carbocycles. The molecule has 142 valence electrons. The van der Waals surface area contributed by atoms with E-state index < -0.39 is 5.97 Å². The third-order valence-corrected chi connectivity index (χ3v) is 3.92. The molecule has 0 saturated heterocycles. The van der Waals surface area contributed by atoms with Crippen LogP contribution in [0.5, 0.6) is 5.75 Å². The van der Waals surface area contributed by atoms with E-state index in [0.29, 0.717) is 17.1 Å². The Hall–Kier alpha value is -3.35. The fraction of sp³-hybridized carbons (Fsp3) is 0.250. The van der Waals surface area contributed by atoms with Crippen LogP contribution in [0.2, 0.25) is 0 Å². The van der Waals surface area contributed by atoms with Crippen LogP contribution >= 0.6 is 0 Å². The van der Waals surface area contributed by atoms with Crippen LogP contribution in [0, 0.1) is 0 Å². The van der Waals surface area contributed by atoms with Crippen molar-refractivity contribution in [1.29, 1.82) is 0 Å². The fourth-order valence-corrected chi connectivity index (χ4v) is 2.55. The van der Waals surface area contributed by atoms with Gasteiger partial charge in [-0.2, -0.15) is 0 Å². The maximum Gasteiger partial charge on any atom is 0.339 e. The molecule has 0 aromatic heterocycles. The average molecular weight is 370 g/mol. The molecule has 0 saturated carbocycles. The molecule has 2 aromatic carbocycles. The molecule has 0 unspecified atom stereocenters. The molecule has 2 rings (SSSR count). The molecule has 0 bridgehead atoms. The van der Waals surface area contributed by atoms with Crippen LogP contribution in [0.15, 0.2) is 48.5 Å². The molecule has 1 N–H and O–H groups in total. The number of ether oxygens (including phenoxy) is 2. The summed E-state index contributed by atoms with van der Waals surface area (Å²) in [4.78, 5) is 37.6. The Labute approximate surface area is 157 Å². The Morgan fingerprint density at radius 1 is 1.00 bits per heavy atom. The largest absolute Gasteiger partial charge is 0.497 e. The van der Waals surface area contributed by atoms with Crippen molar-refractivity contribution in [2.45, 2.75) is 13.3 Å². The minimum atomic E-state index is -0.542. The topological polar surface area (TPSA) is 84.9 Å². The molecule has 27 heavy (non-hydrogen) atoms. The zero-order chi connectivity index (χ0) is 19.8. The third kappa shape index (κ3) is 5.31. The summed E-state index contributed by atoms with van der Waals surface area (Å²) < 4.78 is 9.84. The average Bonchev–Trinajstić information content (AvgIpc) is 2.68. The number of anilines is 2. The zero-order valence-corrected chi connectivity index (χ0v) is 15.5. The molecular formula is C20H22N2O5. The van der Waals surface area contributed by atoms with E-state index in [4.69, 9.17) is 9.47 Å². The van der Waals surface area contributed by atoms with Crippen LogP contribution in [0.4, 0.5) is 11.4 Å². The number of esters is 1. The van der Waals surface area contributed by atoms with Gasteiger partial charge in [0.2, 0.25) is 11.8 Å². The summed E-state index contributed by atoms with van der Waals surface area (Å²) in [6.07, 6.45) is 0.0706. The maximum atomic E-state index is 12.2. The van der Waals surface area contributed by atoms with Gasteiger partial charge in [-0.05, 0) is 36.4 Å². The zero-order valence-electron chi connectivity index (χ0n) is 15.5. The first kappa shape index (κ1) is 20.0. The molecule has 7 heteroatoms. The van der Waals surface area contributed by atoms with Gasteiger partial charge in [-0.15, -0.1) is 0 Å². The lowest BCUT2D eigenvalue weighted by Crippen LogP contribution is -2.33. The van der Waals surface area contributed by atoms with Gasteiger partial charge >= 0.3 is 5.97 Å². The second-order valence-corrected chi connectivity index (χ2v) is 5.71. The van der Waals surface area contributed by atoms with E-state index in [2.05, 4.69) is 5.32 Å². The van der Waals surface area contributed by atoms with Crippen molar-refractivity contribution in [3.8, 4) is 5.75 Å². The lowest BCUT2D eigenvalue weighted by molar-refractivity contribution is -0.117. The Morgan fingerprint density at radius 2 is 1.67 bits per heavy atom. The van der Waals surface area contributed by atoms with Gasteiger partial charge in [0.15, 0.2) is 0 Å². The second kappa shape index (κ2) is 9.38. The van der Waals surface area contributed by atoms with Crippen molar-refractivity contribution >= 4 is 29.2 Å². The van der Waals surface area contributed by atoms with Crippen LogP contribution in [0.3, 0.4) is 0 Å². The predicted octanol–water partition coefficient (Wildman–Crippen LogP) is 2.86. The Balaban J connectivity index is 2.07. The van der Waals surface area contributed by atoms with E-state index in [1.54, 1.807) is 55.6 Å². The van der Waals surface area contributed by atoms with Gasteiger partial charge in [0.1, 0.15) is 5.75 Å². The standard InChI is InChI=1S/C20H22N2O5/c1-14(23)22(18-7-5-4-6-17(18)20(25)27-3)13-12-19(24)21-15-8-10-16(26-2)11-9-15/h4-11H,12-13H2,1-3H3,(H,21,24). The van der Waals surface area contributed by atoms with Crippen LogP contribution in [-0.2, 0) is 14.3 Å². The van der Waals surface area contributed by atoms with Gasteiger partial charge in [0, 0.05) is 25.6 Å². The number of methoxy groups -OCH3 is 2. The number of rotatable bonds is 7. The lowest BCUT2D eigenvalue weighted by atomic mass is 10.1. The van der Waals surface area contributed by atoms with Gasteiger partial charge < -0.3 is 19.7 Å². The number of nitrogens with one attached hydrogen (secondary N) is 1. The molecule has 2 amide bonds. The quantitative estimate of drug-likeness (QED) is 0.758. The highest BCUT2D eigenvalue weighted by Gasteiger charge is 2.20. The maximum absolute atomic E-state index is 12.2. The highest BCUT2D eigenvalue weighted by atomic mass is 16.5. The van der Waals surface area contributed by atoms with Crippen LogP contribution in [0.25, 0.3) is 0 Å². The highest BCUT2D eigenvalue weighted by Crippen LogP contribution is 2.22. The van der Waals surface area contributed by atoms with E-state index in [9.17, 15) is 14.4 Å². The summed E-state index contributed by atoms with van der Waals surface area (Å²) in [7, 11) is 2.84. The number of hydrogen-bond donors (Lipinski definition) is 1. The number of benzene rings is 2. The molecule has 0 atom stereocenters. The Morgan fingerprint density at radius 3 is 2.26 bits per heavy atom. The number of amides is 2. The fourth-order valence-electron chi connectivity index (χ4n) is 2.55. The lowest BCUT2D eigenvalue weighted by Gasteiger charge is -2.23. The van der Waals surface area contributed by atoms with Crippen molar-refractivity contribution in [2.24, 2.45) is 0 Å². The predicted molar refractivity (Wildman–Crippen MR) is 102 cm³/mol. The monoisotopic (exact) mass is 370 g/mol. The van der Waals surface area contributed by atoms with Crippen LogP contribution in [-0.4, -0.2) is 38.5 Å². The first-order valence-corrected chi connectivity index (χ1v) is 8.35. The van der Waals surface area contributed by atoms with Gasteiger partial charge in [-0.3, -0.25) is 9.59 Å². The summed E-state index contributed by atoms with van der Waals surface area (Å²) in [5, 5.41) is 2.76. The number of nitrogens with zero attached hydrogens (tertiary/aromatic N) is 1. The van der Waals surface area contributed by atoms with E-state index in [-0.39, 0.29) is 30.3 Å². The van der Waals surface area contributed by atoms with E-state index in [1.807, 2.05) is 0 Å². The molecule has 0 radical (unpaired) electrons. The molecule has 2 aromatic rings. The van der Waals surface area contributed by atoms with Gasteiger partial charge in [-0.25, -0.2) is 4.79 Å².